The van der Waals surface area contributed by atoms with Gasteiger partial charge in [-0.05, 0) is 43.6 Å². The molecule has 0 spiro atoms. The molecule has 0 aliphatic heterocycles. The lowest BCUT2D eigenvalue weighted by Crippen LogP contribution is -2.28. The second kappa shape index (κ2) is 9.23. The summed E-state index contributed by atoms with van der Waals surface area (Å²) in [5.74, 6) is 0.736. The first kappa shape index (κ1) is 15.3. The number of hydrogen-bond acceptors (Lipinski definition) is 2. The van der Waals surface area contributed by atoms with Crippen molar-refractivity contribution < 1.29 is 0 Å². The minimum absolute atomic E-state index is 0.736. The molecule has 0 aliphatic rings. The predicted octanol–water partition coefficient (Wildman–Crippen LogP) is 3.61. The molecule has 2 nitrogen and oxygen atoms in total. The third-order valence-corrected chi connectivity index (χ3v) is 3.44. The number of halogens is 1. The molecule has 3 heteroatoms. The van der Waals surface area contributed by atoms with Crippen LogP contribution >= 0.6 is 11.6 Å². The smallest absolute Gasteiger partial charge is 0.0343 e. The highest BCUT2D eigenvalue weighted by molar-refractivity contribution is 6.17. The highest BCUT2D eigenvalue weighted by Gasteiger charge is 1.99. The maximum absolute atomic E-state index is 5.72. The van der Waals surface area contributed by atoms with Crippen LogP contribution < -0.4 is 5.32 Å². The number of hydrogen-bond donors (Lipinski definition) is 1. The molecular formula is C15H25ClN2. The van der Waals surface area contributed by atoms with E-state index < -0.39 is 0 Å². The van der Waals surface area contributed by atoms with E-state index in [0.29, 0.717) is 0 Å². The molecule has 0 bridgehead atoms. The Morgan fingerprint density at radius 1 is 1.22 bits per heavy atom. The second-order valence-corrected chi connectivity index (χ2v) is 4.82. The standard InChI is InChI=1S/C15H25ClN2/c1-3-18(4-2)12-11-17-15-9-5-7-14(13-15)8-6-10-16/h5,7,9,13,17H,3-4,6,8,10-12H2,1-2H3. The Morgan fingerprint density at radius 2 is 2.00 bits per heavy atom. The van der Waals surface area contributed by atoms with E-state index in [9.17, 15) is 0 Å². The maximum Gasteiger partial charge on any atom is 0.0343 e. The van der Waals surface area contributed by atoms with Crippen molar-refractivity contribution in [3.8, 4) is 0 Å². The third-order valence-electron chi connectivity index (χ3n) is 3.18. The van der Waals surface area contributed by atoms with Crippen LogP contribution in [0.15, 0.2) is 24.3 Å². The van der Waals surface area contributed by atoms with Crippen molar-refractivity contribution in [1.82, 2.24) is 4.90 Å². The van der Waals surface area contributed by atoms with Gasteiger partial charge in [0.05, 0.1) is 0 Å². The third kappa shape index (κ3) is 5.74. The average Bonchev–Trinajstić information content (AvgIpc) is 2.42. The molecule has 1 rings (SSSR count). The van der Waals surface area contributed by atoms with Crippen LogP contribution in [0.1, 0.15) is 25.8 Å². The number of nitrogens with zero attached hydrogens (tertiary/aromatic N) is 1. The van der Waals surface area contributed by atoms with E-state index in [1.165, 1.54) is 11.3 Å². The summed E-state index contributed by atoms with van der Waals surface area (Å²) in [7, 11) is 0. The van der Waals surface area contributed by atoms with Crippen molar-refractivity contribution in [2.24, 2.45) is 0 Å². The van der Waals surface area contributed by atoms with E-state index in [-0.39, 0.29) is 0 Å². The van der Waals surface area contributed by atoms with Crippen molar-refractivity contribution in [3.63, 3.8) is 0 Å². The van der Waals surface area contributed by atoms with Gasteiger partial charge in [-0.15, -0.1) is 11.6 Å². The van der Waals surface area contributed by atoms with Crippen molar-refractivity contribution in [2.45, 2.75) is 26.7 Å². The van der Waals surface area contributed by atoms with Crippen LogP contribution in [0, 0.1) is 0 Å². The summed E-state index contributed by atoms with van der Waals surface area (Å²) in [4.78, 5) is 2.42. The van der Waals surface area contributed by atoms with Gasteiger partial charge in [-0.2, -0.15) is 0 Å². The molecule has 0 saturated heterocycles. The van der Waals surface area contributed by atoms with Gasteiger partial charge in [0.2, 0.25) is 0 Å². The van der Waals surface area contributed by atoms with Gasteiger partial charge in [0.25, 0.3) is 0 Å². The molecule has 0 unspecified atom stereocenters. The zero-order valence-corrected chi connectivity index (χ0v) is 12.3. The number of alkyl halides is 1. The van der Waals surface area contributed by atoms with Crippen molar-refractivity contribution in [2.75, 3.05) is 37.4 Å². The first-order valence-corrected chi connectivity index (χ1v) is 7.44. The SMILES string of the molecule is CCN(CC)CCNc1cccc(CCCCl)c1. The molecule has 102 valence electrons. The van der Waals surface area contributed by atoms with E-state index in [0.717, 1.165) is 44.9 Å². The summed E-state index contributed by atoms with van der Waals surface area (Å²) < 4.78 is 0. The Hall–Kier alpha value is -0.730. The minimum Gasteiger partial charge on any atom is -0.384 e. The first-order chi connectivity index (χ1) is 8.80. The monoisotopic (exact) mass is 268 g/mol. The summed E-state index contributed by atoms with van der Waals surface area (Å²) in [6.45, 7) is 8.74. The Balaban J connectivity index is 2.37. The number of rotatable bonds is 9. The molecule has 0 atom stereocenters. The van der Waals surface area contributed by atoms with Crippen LogP contribution in [0.4, 0.5) is 5.69 Å². The zero-order valence-electron chi connectivity index (χ0n) is 11.6. The van der Waals surface area contributed by atoms with Crippen LogP contribution in [0.3, 0.4) is 0 Å². The van der Waals surface area contributed by atoms with Crippen LogP contribution in [-0.2, 0) is 6.42 Å². The summed E-state index contributed by atoms with van der Waals surface area (Å²) >= 11 is 5.72. The number of aryl methyl sites for hydroxylation is 1. The Labute approximate surface area is 116 Å². The van der Waals surface area contributed by atoms with Crippen LogP contribution in [0.5, 0.6) is 0 Å². The molecule has 1 aromatic rings. The molecule has 0 aromatic heterocycles. The lowest BCUT2D eigenvalue weighted by molar-refractivity contribution is 0.316. The molecule has 0 saturated carbocycles. The van der Waals surface area contributed by atoms with Crippen LogP contribution in [0.25, 0.3) is 0 Å². The maximum atomic E-state index is 5.72. The fourth-order valence-corrected chi connectivity index (χ4v) is 2.14. The van der Waals surface area contributed by atoms with E-state index in [1.807, 2.05) is 0 Å². The van der Waals surface area contributed by atoms with Crippen molar-refractivity contribution in [3.05, 3.63) is 29.8 Å². The lowest BCUT2D eigenvalue weighted by atomic mass is 10.1. The minimum atomic E-state index is 0.736. The molecule has 0 fully saturated rings. The normalized spacial score (nSPS) is 10.9. The van der Waals surface area contributed by atoms with Crippen molar-refractivity contribution >= 4 is 17.3 Å². The fraction of sp³-hybridized carbons (Fsp3) is 0.600. The Bertz CT molecular complexity index is 324. The van der Waals surface area contributed by atoms with Gasteiger partial charge in [-0.1, -0.05) is 26.0 Å². The van der Waals surface area contributed by atoms with E-state index in [2.05, 4.69) is 48.3 Å². The topological polar surface area (TPSA) is 15.3 Å². The van der Waals surface area contributed by atoms with Gasteiger partial charge in [0.1, 0.15) is 0 Å². The summed E-state index contributed by atoms with van der Waals surface area (Å²) in [5.41, 5.74) is 2.58. The fourth-order valence-electron chi connectivity index (χ4n) is 2.01. The van der Waals surface area contributed by atoms with Gasteiger partial charge < -0.3 is 10.2 Å². The lowest BCUT2D eigenvalue weighted by Gasteiger charge is -2.18. The van der Waals surface area contributed by atoms with Gasteiger partial charge in [-0.25, -0.2) is 0 Å². The Morgan fingerprint density at radius 3 is 2.67 bits per heavy atom. The predicted molar refractivity (Wildman–Crippen MR) is 81.8 cm³/mol. The second-order valence-electron chi connectivity index (χ2n) is 4.45. The molecule has 1 aromatic carbocycles. The molecular weight excluding hydrogens is 244 g/mol. The number of benzene rings is 1. The van der Waals surface area contributed by atoms with Crippen molar-refractivity contribution in [1.29, 1.82) is 0 Å². The summed E-state index contributed by atoms with van der Waals surface area (Å²) in [5, 5.41) is 3.49. The summed E-state index contributed by atoms with van der Waals surface area (Å²) in [6, 6.07) is 8.65. The molecule has 1 N–H and O–H groups in total. The highest BCUT2D eigenvalue weighted by Crippen LogP contribution is 2.12. The largest absolute Gasteiger partial charge is 0.384 e. The van der Waals surface area contributed by atoms with E-state index in [4.69, 9.17) is 11.6 Å². The van der Waals surface area contributed by atoms with Gasteiger partial charge in [0, 0.05) is 24.7 Å². The van der Waals surface area contributed by atoms with Gasteiger partial charge in [0.15, 0.2) is 0 Å². The highest BCUT2D eigenvalue weighted by atomic mass is 35.5. The van der Waals surface area contributed by atoms with Crippen LogP contribution in [0.2, 0.25) is 0 Å². The first-order valence-electron chi connectivity index (χ1n) is 6.91. The Kier molecular flexibility index (Phi) is 7.86. The molecule has 0 heterocycles. The number of anilines is 1. The molecule has 0 aliphatic carbocycles. The molecule has 18 heavy (non-hydrogen) atoms. The quantitative estimate of drug-likeness (QED) is 0.689. The summed E-state index contributed by atoms with van der Waals surface area (Å²) in [6.07, 6.45) is 2.11. The zero-order chi connectivity index (χ0) is 13.2. The number of likely N-dealkylation sites (N-methyl/N-ethyl adjacent to an activating group) is 1. The van der Waals surface area contributed by atoms with Gasteiger partial charge in [-0.3, -0.25) is 0 Å². The van der Waals surface area contributed by atoms with Gasteiger partial charge >= 0.3 is 0 Å². The van der Waals surface area contributed by atoms with Crippen LogP contribution in [-0.4, -0.2) is 37.0 Å². The van der Waals surface area contributed by atoms with E-state index in [1.54, 1.807) is 0 Å². The van der Waals surface area contributed by atoms with E-state index >= 15 is 0 Å². The molecule has 0 radical (unpaired) electrons. The average molecular weight is 269 g/mol. The molecule has 0 amide bonds. The number of nitrogens with one attached hydrogen (secondary N) is 1.